The Bertz CT molecular complexity index is 1020. The van der Waals surface area contributed by atoms with Gasteiger partial charge in [-0.05, 0) is 38.5 Å². The number of hydrogen-bond acceptors (Lipinski definition) is 6. The van der Waals surface area contributed by atoms with Gasteiger partial charge >= 0.3 is 0 Å². The number of rotatable bonds is 4. The third-order valence-electron chi connectivity index (χ3n) is 5.17. The van der Waals surface area contributed by atoms with E-state index in [2.05, 4.69) is 23.0 Å². The second-order valence-corrected chi connectivity index (χ2v) is 8.00. The van der Waals surface area contributed by atoms with Crippen LogP contribution < -0.4 is 9.64 Å². The van der Waals surface area contributed by atoms with E-state index in [9.17, 15) is 4.79 Å². The number of carbonyl (C=O) groups is 1. The Hall–Kier alpha value is -2.61. The lowest BCUT2D eigenvalue weighted by Gasteiger charge is -2.34. The lowest BCUT2D eigenvalue weighted by atomic mass is 10.2. The number of amides is 1. The normalized spacial score (nSPS) is 14.7. The SMILES string of the molecule is CCn1nc(C)cc1C(=O)N1CCN(c2nc3c(OC)ccc(C)c3s2)CC1. The first-order valence-electron chi connectivity index (χ1n) is 9.54. The summed E-state index contributed by atoms with van der Waals surface area (Å²) < 4.78 is 8.42. The Kier molecular flexibility index (Phi) is 4.97. The maximum absolute atomic E-state index is 12.9. The molecule has 0 unspecified atom stereocenters. The van der Waals surface area contributed by atoms with Crippen LogP contribution in [0.15, 0.2) is 18.2 Å². The molecule has 3 aromatic rings. The maximum Gasteiger partial charge on any atom is 0.272 e. The third-order valence-corrected chi connectivity index (χ3v) is 6.42. The van der Waals surface area contributed by atoms with Gasteiger partial charge in [-0.15, -0.1) is 0 Å². The Morgan fingerprint density at radius 1 is 1.21 bits per heavy atom. The summed E-state index contributed by atoms with van der Waals surface area (Å²) in [6.07, 6.45) is 0. The van der Waals surface area contributed by atoms with E-state index in [0.717, 1.165) is 39.9 Å². The van der Waals surface area contributed by atoms with Crippen LogP contribution in [0.2, 0.25) is 0 Å². The molecule has 0 N–H and O–H groups in total. The lowest BCUT2D eigenvalue weighted by Crippen LogP contribution is -2.49. The number of anilines is 1. The molecule has 148 valence electrons. The van der Waals surface area contributed by atoms with Crippen molar-refractivity contribution in [1.29, 1.82) is 0 Å². The second kappa shape index (κ2) is 7.43. The number of piperazine rings is 1. The van der Waals surface area contributed by atoms with Gasteiger partial charge in [-0.2, -0.15) is 5.10 Å². The van der Waals surface area contributed by atoms with Crippen LogP contribution in [0.5, 0.6) is 5.75 Å². The van der Waals surface area contributed by atoms with Gasteiger partial charge in [-0.25, -0.2) is 4.98 Å². The minimum Gasteiger partial charge on any atom is -0.494 e. The molecule has 1 fully saturated rings. The van der Waals surface area contributed by atoms with Crippen LogP contribution in [-0.4, -0.2) is 58.9 Å². The van der Waals surface area contributed by atoms with Gasteiger partial charge in [0.15, 0.2) is 5.13 Å². The fourth-order valence-electron chi connectivity index (χ4n) is 3.62. The van der Waals surface area contributed by atoms with Gasteiger partial charge in [0.25, 0.3) is 5.91 Å². The molecule has 0 radical (unpaired) electrons. The molecule has 1 aliphatic heterocycles. The number of nitrogens with zero attached hydrogens (tertiary/aromatic N) is 5. The number of carbonyl (C=O) groups excluding carboxylic acids is 1. The Labute approximate surface area is 168 Å². The molecule has 0 bridgehead atoms. The molecular formula is C20H25N5O2S. The Morgan fingerprint density at radius 2 is 1.96 bits per heavy atom. The highest BCUT2D eigenvalue weighted by atomic mass is 32.1. The molecule has 8 heteroatoms. The van der Waals surface area contributed by atoms with Gasteiger partial charge in [0.05, 0.1) is 17.5 Å². The van der Waals surface area contributed by atoms with Crippen LogP contribution in [0.1, 0.15) is 28.7 Å². The quantitative estimate of drug-likeness (QED) is 0.675. The first-order chi connectivity index (χ1) is 13.5. The van der Waals surface area contributed by atoms with Crippen molar-refractivity contribution in [1.82, 2.24) is 19.7 Å². The van der Waals surface area contributed by atoms with Gasteiger partial charge in [0.2, 0.25) is 0 Å². The fraction of sp³-hybridized carbons (Fsp3) is 0.450. The van der Waals surface area contributed by atoms with E-state index in [-0.39, 0.29) is 5.91 Å². The van der Waals surface area contributed by atoms with E-state index in [1.807, 2.05) is 30.9 Å². The standard InChI is InChI=1S/C20H25N5O2S/c1-5-25-15(12-14(3)22-25)19(26)23-8-10-24(11-9-23)20-21-17-16(27-4)7-6-13(2)18(17)28-20/h6-7,12H,5,8-11H2,1-4H3. The molecule has 3 heterocycles. The number of ether oxygens (including phenoxy) is 1. The number of fused-ring (bicyclic) bond motifs is 1. The minimum atomic E-state index is 0.0592. The molecule has 0 saturated carbocycles. The highest BCUT2D eigenvalue weighted by Gasteiger charge is 2.26. The third kappa shape index (κ3) is 3.22. The topological polar surface area (TPSA) is 63.5 Å². The number of aromatic nitrogens is 3. The molecule has 1 saturated heterocycles. The second-order valence-electron chi connectivity index (χ2n) is 7.02. The van der Waals surface area contributed by atoms with Crippen molar-refractivity contribution in [2.45, 2.75) is 27.3 Å². The molecule has 0 atom stereocenters. The molecule has 1 aliphatic rings. The van der Waals surface area contributed by atoms with Gasteiger partial charge in [-0.1, -0.05) is 17.4 Å². The van der Waals surface area contributed by atoms with E-state index in [1.165, 1.54) is 5.56 Å². The summed E-state index contributed by atoms with van der Waals surface area (Å²) in [6, 6.07) is 5.91. The zero-order valence-corrected chi connectivity index (χ0v) is 17.5. The largest absolute Gasteiger partial charge is 0.494 e. The summed E-state index contributed by atoms with van der Waals surface area (Å²) in [5.74, 6) is 0.865. The number of aryl methyl sites for hydroxylation is 3. The Morgan fingerprint density at radius 3 is 2.64 bits per heavy atom. The van der Waals surface area contributed by atoms with Crippen molar-refractivity contribution in [3.63, 3.8) is 0 Å². The average molecular weight is 400 g/mol. The number of hydrogen-bond donors (Lipinski definition) is 0. The molecule has 7 nitrogen and oxygen atoms in total. The molecule has 0 aliphatic carbocycles. The van der Waals surface area contributed by atoms with Crippen LogP contribution in [0, 0.1) is 13.8 Å². The zero-order valence-electron chi connectivity index (χ0n) is 16.7. The number of benzene rings is 1. The smallest absolute Gasteiger partial charge is 0.272 e. The highest BCUT2D eigenvalue weighted by molar-refractivity contribution is 7.22. The number of thiazole rings is 1. The average Bonchev–Trinajstić information content (AvgIpc) is 3.32. The van der Waals surface area contributed by atoms with Crippen molar-refractivity contribution < 1.29 is 9.53 Å². The van der Waals surface area contributed by atoms with E-state index < -0.39 is 0 Å². The summed E-state index contributed by atoms with van der Waals surface area (Å²) in [4.78, 5) is 21.9. The predicted octanol–water partition coefficient (Wildman–Crippen LogP) is 3.10. The van der Waals surface area contributed by atoms with Crippen molar-refractivity contribution in [3.05, 3.63) is 35.2 Å². The van der Waals surface area contributed by atoms with Gasteiger partial charge in [0, 0.05) is 32.7 Å². The van der Waals surface area contributed by atoms with Crippen molar-refractivity contribution in [2.24, 2.45) is 0 Å². The van der Waals surface area contributed by atoms with Crippen LogP contribution in [-0.2, 0) is 6.54 Å². The van der Waals surface area contributed by atoms with E-state index in [4.69, 9.17) is 9.72 Å². The highest BCUT2D eigenvalue weighted by Crippen LogP contribution is 2.36. The van der Waals surface area contributed by atoms with Crippen molar-refractivity contribution in [2.75, 3.05) is 38.2 Å². The molecule has 1 amide bonds. The summed E-state index contributed by atoms with van der Waals surface area (Å²) in [5, 5.41) is 5.38. The predicted molar refractivity (Wildman–Crippen MR) is 112 cm³/mol. The van der Waals surface area contributed by atoms with Gasteiger partial charge < -0.3 is 14.5 Å². The van der Waals surface area contributed by atoms with Gasteiger partial charge in [-0.3, -0.25) is 9.48 Å². The number of methoxy groups -OCH3 is 1. The summed E-state index contributed by atoms with van der Waals surface area (Å²) in [7, 11) is 1.68. The minimum absolute atomic E-state index is 0.0592. The van der Waals surface area contributed by atoms with Crippen molar-refractivity contribution >= 4 is 32.6 Å². The molecule has 4 rings (SSSR count). The van der Waals surface area contributed by atoms with Gasteiger partial charge in [0.1, 0.15) is 17.0 Å². The van der Waals surface area contributed by atoms with Crippen LogP contribution >= 0.6 is 11.3 Å². The molecule has 1 aromatic carbocycles. The summed E-state index contributed by atoms with van der Waals surface area (Å²) >= 11 is 1.69. The van der Waals surface area contributed by atoms with Crippen molar-refractivity contribution in [3.8, 4) is 5.75 Å². The molecule has 2 aromatic heterocycles. The Balaban J connectivity index is 1.50. The van der Waals surface area contributed by atoms with E-state index in [0.29, 0.717) is 25.3 Å². The van der Waals surface area contributed by atoms with Crippen LogP contribution in [0.3, 0.4) is 0 Å². The first-order valence-corrected chi connectivity index (χ1v) is 10.4. The fourth-order valence-corrected chi connectivity index (χ4v) is 4.72. The lowest BCUT2D eigenvalue weighted by molar-refractivity contribution is 0.0734. The van der Waals surface area contributed by atoms with E-state index in [1.54, 1.807) is 23.1 Å². The summed E-state index contributed by atoms with van der Waals surface area (Å²) in [5.41, 5.74) is 3.68. The molecule has 28 heavy (non-hydrogen) atoms. The molecular weight excluding hydrogens is 374 g/mol. The molecule has 0 spiro atoms. The summed E-state index contributed by atoms with van der Waals surface area (Å²) in [6.45, 7) is 9.62. The monoisotopic (exact) mass is 399 g/mol. The van der Waals surface area contributed by atoms with E-state index >= 15 is 0 Å². The first kappa shape index (κ1) is 18.7. The van der Waals surface area contributed by atoms with Crippen LogP contribution in [0.25, 0.3) is 10.2 Å². The van der Waals surface area contributed by atoms with Crippen LogP contribution in [0.4, 0.5) is 5.13 Å². The maximum atomic E-state index is 12.9. The zero-order chi connectivity index (χ0) is 19.8.